The standard InChI is InChI=1S/C24H26O5/c1-27-22-12-8-19(9-13-22)24(29-17-21(26)16-25,18-6-4-3-5-7-18)20-10-14-23(28-2)15-11-20/h3-15,21,25-26H,16-17H2,1-2H3/t21-/m0/s1. The Kier molecular flexibility index (Phi) is 6.88. The van der Waals surface area contributed by atoms with Gasteiger partial charge in [-0.3, -0.25) is 0 Å². The van der Waals surface area contributed by atoms with Crippen molar-refractivity contribution in [1.29, 1.82) is 0 Å². The summed E-state index contributed by atoms with van der Waals surface area (Å²) >= 11 is 0. The zero-order valence-corrected chi connectivity index (χ0v) is 16.6. The van der Waals surface area contributed by atoms with Gasteiger partial charge in [-0.25, -0.2) is 0 Å². The molecule has 0 aromatic heterocycles. The fourth-order valence-corrected chi connectivity index (χ4v) is 3.35. The first-order valence-corrected chi connectivity index (χ1v) is 9.41. The monoisotopic (exact) mass is 394 g/mol. The molecule has 0 unspecified atom stereocenters. The van der Waals surface area contributed by atoms with E-state index in [0.29, 0.717) is 0 Å². The molecule has 0 saturated carbocycles. The molecule has 5 nitrogen and oxygen atoms in total. The summed E-state index contributed by atoms with van der Waals surface area (Å²) in [7, 11) is 3.24. The van der Waals surface area contributed by atoms with Crippen molar-refractivity contribution < 1.29 is 24.4 Å². The lowest BCUT2D eigenvalue weighted by Crippen LogP contribution is -2.36. The van der Waals surface area contributed by atoms with Crippen LogP contribution < -0.4 is 9.47 Å². The van der Waals surface area contributed by atoms with E-state index in [1.807, 2.05) is 78.9 Å². The predicted molar refractivity (Wildman–Crippen MR) is 111 cm³/mol. The number of ether oxygens (including phenoxy) is 3. The van der Waals surface area contributed by atoms with Gasteiger partial charge in [0.05, 0.1) is 27.4 Å². The Morgan fingerprint density at radius 1 is 0.724 bits per heavy atom. The van der Waals surface area contributed by atoms with Crippen LogP contribution in [0.2, 0.25) is 0 Å². The lowest BCUT2D eigenvalue weighted by molar-refractivity contribution is -0.0524. The molecule has 0 heterocycles. The van der Waals surface area contributed by atoms with Gasteiger partial charge in [-0.15, -0.1) is 0 Å². The Balaban J connectivity index is 2.21. The zero-order valence-electron chi connectivity index (χ0n) is 16.6. The molecule has 0 amide bonds. The van der Waals surface area contributed by atoms with Gasteiger partial charge in [0.2, 0.25) is 0 Å². The second-order valence-electron chi connectivity index (χ2n) is 6.65. The second-order valence-corrected chi connectivity index (χ2v) is 6.65. The maximum atomic E-state index is 10.0. The van der Waals surface area contributed by atoms with Gasteiger partial charge in [-0.2, -0.15) is 0 Å². The quantitative estimate of drug-likeness (QED) is 0.545. The molecule has 0 aliphatic carbocycles. The van der Waals surface area contributed by atoms with Gasteiger partial charge in [0.1, 0.15) is 23.2 Å². The van der Waals surface area contributed by atoms with Crippen LogP contribution in [0.3, 0.4) is 0 Å². The summed E-state index contributed by atoms with van der Waals surface area (Å²) in [6.45, 7) is -0.417. The van der Waals surface area contributed by atoms with Gasteiger partial charge < -0.3 is 24.4 Å². The minimum Gasteiger partial charge on any atom is -0.497 e. The summed E-state index contributed by atoms with van der Waals surface area (Å²) in [5.74, 6) is 1.47. The molecular weight excluding hydrogens is 368 g/mol. The second kappa shape index (κ2) is 9.56. The predicted octanol–water partition coefficient (Wildman–Crippen LogP) is 3.37. The highest BCUT2D eigenvalue weighted by molar-refractivity contribution is 5.49. The molecule has 0 aliphatic heterocycles. The van der Waals surface area contributed by atoms with E-state index in [1.54, 1.807) is 14.2 Å². The number of methoxy groups -OCH3 is 2. The van der Waals surface area contributed by atoms with Crippen molar-refractivity contribution in [2.24, 2.45) is 0 Å². The molecule has 5 heteroatoms. The number of hydrogen-bond acceptors (Lipinski definition) is 5. The van der Waals surface area contributed by atoms with Crippen molar-refractivity contribution in [1.82, 2.24) is 0 Å². The Bertz CT molecular complexity index is 828. The van der Waals surface area contributed by atoms with Crippen LogP contribution >= 0.6 is 0 Å². The molecule has 0 saturated heterocycles. The summed E-state index contributed by atoms with van der Waals surface area (Å²) in [6.07, 6.45) is -0.991. The molecule has 3 aromatic carbocycles. The van der Waals surface area contributed by atoms with Crippen LogP contribution in [-0.2, 0) is 10.3 Å². The molecule has 152 valence electrons. The Hall–Kier alpha value is -2.86. The number of aliphatic hydroxyl groups is 2. The third-order valence-electron chi connectivity index (χ3n) is 4.88. The number of hydrogen-bond donors (Lipinski definition) is 2. The normalized spacial score (nSPS) is 12.4. The van der Waals surface area contributed by atoms with Crippen molar-refractivity contribution in [3.8, 4) is 11.5 Å². The molecule has 0 fully saturated rings. The molecule has 0 bridgehead atoms. The number of aliphatic hydroxyl groups excluding tert-OH is 2. The van der Waals surface area contributed by atoms with Gasteiger partial charge in [0.25, 0.3) is 0 Å². The molecule has 0 radical (unpaired) electrons. The first-order valence-electron chi connectivity index (χ1n) is 9.41. The summed E-state index contributed by atoms with van der Waals surface area (Å²) in [5.41, 5.74) is 1.66. The molecule has 2 N–H and O–H groups in total. The first-order chi connectivity index (χ1) is 14.1. The molecule has 0 spiro atoms. The molecule has 3 rings (SSSR count). The number of rotatable bonds is 9. The van der Waals surface area contributed by atoms with Crippen LogP contribution in [0.25, 0.3) is 0 Å². The smallest absolute Gasteiger partial charge is 0.143 e. The summed E-state index contributed by atoms with van der Waals surface area (Å²) in [5, 5.41) is 19.3. The highest BCUT2D eigenvalue weighted by atomic mass is 16.5. The average molecular weight is 394 g/mol. The Labute approximate surface area is 171 Å². The van der Waals surface area contributed by atoms with Crippen LogP contribution in [0.4, 0.5) is 0 Å². The van der Waals surface area contributed by atoms with Crippen LogP contribution in [0.5, 0.6) is 11.5 Å². The molecule has 3 aromatic rings. The average Bonchev–Trinajstić information content (AvgIpc) is 2.80. The topological polar surface area (TPSA) is 68.2 Å². The van der Waals surface area contributed by atoms with Crippen molar-refractivity contribution in [3.05, 3.63) is 95.6 Å². The zero-order chi connectivity index (χ0) is 20.7. The maximum Gasteiger partial charge on any atom is 0.143 e. The van der Waals surface area contributed by atoms with E-state index < -0.39 is 11.7 Å². The molecule has 0 aliphatic rings. The van der Waals surface area contributed by atoms with Crippen molar-refractivity contribution in [3.63, 3.8) is 0 Å². The molecular formula is C24H26O5. The van der Waals surface area contributed by atoms with Crippen LogP contribution in [0.15, 0.2) is 78.9 Å². The third-order valence-corrected chi connectivity index (χ3v) is 4.88. The lowest BCUT2D eigenvalue weighted by atomic mass is 9.80. The van der Waals surface area contributed by atoms with Gasteiger partial charge >= 0.3 is 0 Å². The van der Waals surface area contributed by atoms with Crippen molar-refractivity contribution in [2.75, 3.05) is 27.4 Å². The highest BCUT2D eigenvalue weighted by Crippen LogP contribution is 2.41. The van der Waals surface area contributed by atoms with Crippen LogP contribution in [0, 0.1) is 0 Å². The van der Waals surface area contributed by atoms with E-state index in [2.05, 4.69) is 0 Å². The van der Waals surface area contributed by atoms with E-state index in [9.17, 15) is 10.2 Å². The van der Waals surface area contributed by atoms with E-state index in [1.165, 1.54) is 0 Å². The lowest BCUT2D eigenvalue weighted by Gasteiger charge is -2.36. The molecule has 29 heavy (non-hydrogen) atoms. The van der Waals surface area contributed by atoms with E-state index in [-0.39, 0.29) is 13.2 Å². The van der Waals surface area contributed by atoms with E-state index in [0.717, 1.165) is 28.2 Å². The Morgan fingerprint density at radius 3 is 1.59 bits per heavy atom. The summed E-state index contributed by atoms with van der Waals surface area (Å²) in [6, 6.07) is 25.1. The van der Waals surface area contributed by atoms with Crippen LogP contribution in [0.1, 0.15) is 16.7 Å². The number of benzene rings is 3. The fraction of sp³-hybridized carbons (Fsp3) is 0.250. The van der Waals surface area contributed by atoms with Gasteiger partial charge in [-0.05, 0) is 41.0 Å². The van der Waals surface area contributed by atoms with Gasteiger partial charge in [0.15, 0.2) is 0 Å². The van der Waals surface area contributed by atoms with E-state index >= 15 is 0 Å². The third kappa shape index (κ3) is 4.43. The van der Waals surface area contributed by atoms with Crippen molar-refractivity contribution >= 4 is 0 Å². The SMILES string of the molecule is COc1ccc(C(OC[C@@H](O)CO)(c2ccccc2)c2ccc(OC)cc2)cc1. The summed E-state index contributed by atoms with van der Waals surface area (Å²) in [4.78, 5) is 0. The van der Waals surface area contributed by atoms with E-state index in [4.69, 9.17) is 14.2 Å². The van der Waals surface area contributed by atoms with Gasteiger partial charge in [0, 0.05) is 0 Å². The Morgan fingerprint density at radius 2 is 1.17 bits per heavy atom. The fourth-order valence-electron chi connectivity index (χ4n) is 3.35. The first kappa shape index (κ1) is 20.9. The maximum absolute atomic E-state index is 10.0. The minimum absolute atomic E-state index is 0.0382. The highest BCUT2D eigenvalue weighted by Gasteiger charge is 2.38. The molecule has 1 atom stereocenters. The van der Waals surface area contributed by atoms with Gasteiger partial charge in [-0.1, -0.05) is 54.6 Å². The minimum atomic E-state index is -0.991. The summed E-state index contributed by atoms with van der Waals surface area (Å²) < 4.78 is 17.0. The largest absolute Gasteiger partial charge is 0.497 e. The van der Waals surface area contributed by atoms with Crippen LogP contribution in [-0.4, -0.2) is 43.8 Å². The van der Waals surface area contributed by atoms with Crippen molar-refractivity contribution in [2.45, 2.75) is 11.7 Å².